The van der Waals surface area contributed by atoms with E-state index in [1.807, 2.05) is 44.2 Å². The van der Waals surface area contributed by atoms with Crippen LogP contribution in [0.25, 0.3) is 0 Å². The van der Waals surface area contributed by atoms with E-state index in [1.165, 1.54) is 16.7 Å². The summed E-state index contributed by atoms with van der Waals surface area (Å²) in [6.07, 6.45) is 7.14. The SMILES string of the molecule is CCOC(=O)CCCCC(CCc1ccccc1OCc1ccc(CC)cc1)Cc1ccc(C(=O)OCC)cc1. The molecule has 1 unspecified atom stereocenters. The zero-order chi connectivity index (χ0) is 28.6. The summed E-state index contributed by atoms with van der Waals surface area (Å²) in [5.41, 5.74) is 5.48. The van der Waals surface area contributed by atoms with E-state index in [4.69, 9.17) is 14.2 Å². The van der Waals surface area contributed by atoms with Crippen molar-refractivity contribution in [1.82, 2.24) is 0 Å². The van der Waals surface area contributed by atoms with Gasteiger partial charge in [-0.05, 0) is 92.3 Å². The van der Waals surface area contributed by atoms with Crippen LogP contribution in [-0.4, -0.2) is 25.2 Å². The number of ether oxygens (including phenoxy) is 3. The van der Waals surface area contributed by atoms with Gasteiger partial charge in [-0.25, -0.2) is 4.79 Å². The van der Waals surface area contributed by atoms with Gasteiger partial charge in [-0.15, -0.1) is 0 Å². The number of benzene rings is 3. The minimum Gasteiger partial charge on any atom is -0.489 e. The summed E-state index contributed by atoms with van der Waals surface area (Å²) < 4.78 is 16.5. The molecule has 0 amide bonds. The van der Waals surface area contributed by atoms with Crippen LogP contribution in [0.2, 0.25) is 0 Å². The first kappa shape index (κ1) is 30.9. The lowest BCUT2D eigenvalue weighted by molar-refractivity contribution is -0.143. The number of hydrogen-bond donors (Lipinski definition) is 0. The molecule has 0 aliphatic heterocycles. The topological polar surface area (TPSA) is 61.8 Å². The highest BCUT2D eigenvalue weighted by Gasteiger charge is 2.14. The van der Waals surface area contributed by atoms with Crippen LogP contribution in [-0.2, 0) is 40.1 Å². The molecular formula is C35H44O5. The Labute approximate surface area is 239 Å². The van der Waals surface area contributed by atoms with Gasteiger partial charge in [0, 0.05) is 6.42 Å². The Morgan fingerprint density at radius 1 is 0.725 bits per heavy atom. The third-order valence-corrected chi connectivity index (χ3v) is 7.16. The van der Waals surface area contributed by atoms with Crippen molar-refractivity contribution in [3.8, 4) is 5.75 Å². The lowest BCUT2D eigenvalue weighted by atomic mass is 9.88. The fourth-order valence-corrected chi connectivity index (χ4v) is 4.85. The highest BCUT2D eigenvalue weighted by Crippen LogP contribution is 2.26. The van der Waals surface area contributed by atoms with Crippen LogP contribution < -0.4 is 4.74 Å². The number of aryl methyl sites for hydroxylation is 2. The highest BCUT2D eigenvalue weighted by atomic mass is 16.5. The van der Waals surface area contributed by atoms with Gasteiger partial charge in [0.1, 0.15) is 12.4 Å². The molecule has 0 saturated heterocycles. The van der Waals surface area contributed by atoms with Gasteiger partial charge in [0.05, 0.1) is 18.8 Å². The number of carbonyl (C=O) groups excluding carboxylic acids is 2. The molecule has 0 aliphatic rings. The Morgan fingerprint density at radius 2 is 1.40 bits per heavy atom. The predicted octanol–water partition coefficient (Wildman–Crippen LogP) is 7.92. The van der Waals surface area contributed by atoms with Crippen LogP contribution >= 0.6 is 0 Å². The van der Waals surface area contributed by atoms with E-state index in [-0.39, 0.29) is 11.9 Å². The molecule has 5 nitrogen and oxygen atoms in total. The van der Waals surface area contributed by atoms with E-state index in [1.54, 1.807) is 0 Å². The number of para-hydroxylation sites is 1. The maximum Gasteiger partial charge on any atom is 0.338 e. The van der Waals surface area contributed by atoms with Crippen molar-refractivity contribution in [3.05, 3.63) is 101 Å². The normalized spacial score (nSPS) is 11.6. The monoisotopic (exact) mass is 544 g/mol. The third-order valence-electron chi connectivity index (χ3n) is 7.16. The zero-order valence-electron chi connectivity index (χ0n) is 24.3. The molecule has 0 saturated carbocycles. The van der Waals surface area contributed by atoms with Crippen LogP contribution in [0.1, 0.15) is 85.5 Å². The second-order valence-electron chi connectivity index (χ2n) is 10.1. The number of unbranched alkanes of at least 4 members (excludes halogenated alkanes) is 1. The van der Waals surface area contributed by atoms with Gasteiger partial charge in [0.2, 0.25) is 0 Å². The van der Waals surface area contributed by atoms with Gasteiger partial charge in [-0.3, -0.25) is 4.79 Å². The van der Waals surface area contributed by atoms with Gasteiger partial charge in [0.15, 0.2) is 0 Å². The lowest BCUT2D eigenvalue weighted by Crippen LogP contribution is -2.09. The maximum atomic E-state index is 12.0. The summed E-state index contributed by atoms with van der Waals surface area (Å²) >= 11 is 0. The van der Waals surface area contributed by atoms with Gasteiger partial charge in [-0.2, -0.15) is 0 Å². The molecule has 0 radical (unpaired) electrons. The first-order valence-corrected chi connectivity index (χ1v) is 14.7. The summed E-state index contributed by atoms with van der Waals surface area (Å²) in [5.74, 6) is 0.957. The first-order valence-electron chi connectivity index (χ1n) is 14.7. The Hall–Kier alpha value is -3.60. The van der Waals surface area contributed by atoms with E-state index in [0.717, 1.165) is 56.3 Å². The number of rotatable bonds is 17. The molecule has 0 spiro atoms. The molecule has 5 heteroatoms. The molecule has 0 fully saturated rings. The van der Waals surface area contributed by atoms with E-state index in [0.29, 0.717) is 37.7 Å². The minimum atomic E-state index is -0.289. The van der Waals surface area contributed by atoms with Gasteiger partial charge in [0.25, 0.3) is 0 Å². The van der Waals surface area contributed by atoms with Crippen LogP contribution in [0.15, 0.2) is 72.8 Å². The molecule has 0 bridgehead atoms. The first-order chi connectivity index (χ1) is 19.5. The zero-order valence-corrected chi connectivity index (χ0v) is 24.3. The average molecular weight is 545 g/mol. The second kappa shape index (κ2) is 17.2. The Kier molecular flexibility index (Phi) is 13.3. The van der Waals surface area contributed by atoms with Gasteiger partial charge < -0.3 is 14.2 Å². The molecule has 3 aromatic carbocycles. The Bertz CT molecular complexity index is 1170. The molecule has 40 heavy (non-hydrogen) atoms. The molecule has 3 aromatic rings. The van der Waals surface area contributed by atoms with E-state index < -0.39 is 0 Å². The molecule has 0 aromatic heterocycles. The molecule has 214 valence electrons. The third kappa shape index (κ3) is 10.5. The van der Waals surface area contributed by atoms with Crippen molar-refractivity contribution in [2.45, 2.75) is 78.7 Å². The summed E-state index contributed by atoms with van der Waals surface area (Å²) in [6, 6.07) is 24.7. The molecule has 0 N–H and O–H groups in total. The van der Waals surface area contributed by atoms with Crippen molar-refractivity contribution in [2.75, 3.05) is 13.2 Å². The summed E-state index contributed by atoms with van der Waals surface area (Å²) in [6.45, 7) is 7.15. The average Bonchev–Trinajstić information content (AvgIpc) is 2.98. The van der Waals surface area contributed by atoms with Gasteiger partial charge >= 0.3 is 11.9 Å². The Morgan fingerprint density at radius 3 is 2.10 bits per heavy atom. The van der Waals surface area contributed by atoms with Crippen LogP contribution in [0.5, 0.6) is 5.75 Å². The fraction of sp³-hybridized carbons (Fsp3) is 0.429. The number of esters is 2. The summed E-state index contributed by atoms with van der Waals surface area (Å²) in [4.78, 5) is 23.8. The Balaban J connectivity index is 1.62. The largest absolute Gasteiger partial charge is 0.489 e. The quantitative estimate of drug-likeness (QED) is 0.128. The predicted molar refractivity (Wildman–Crippen MR) is 160 cm³/mol. The van der Waals surface area contributed by atoms with Gasteiger partial charge in [-0.1, -0.05) is 74.4 Å². The second-order valence-corrected chi connectivity index (χ2v) is 10.1. The minimum absolute atomic E-state index is 0.121. The number of carbonyl (C=O) groups is 2. The van der Waals surface area contributed by atoms with Crippen LogP contribution in [0, 0.1) is 5.92 Å². The van der Waals surface area contributed by atoms with Crippen LogP contribution in [0.4, 0.5) is 0 Å². The van der Waals surface area contributed by atoms with Crippen molar-refractivity contribution < 1.29 is 23.8 Å². The number of hydrogen-bond acceptors (Lipinski definition) is 5. The smallest absolute Gasteiger partial charge is 0.338 e. The standard InChI is InChI=1S/C35H44O5/c1-4-27-15-17-30(18-16-27)26-40-33-13-9-8-12-31(33)22-19-28(11-7-10-14-34(36)38-5-2)25-29-20-23-32(24-21-29)35(37)39-6-3/h8-9,12-13,15-18,20-21,23-24,28H,4-7,10-11,14,19,22,25-26H2,1-3H3. The van der Waals surface area contributed by atoms with Crippen molar-refractivity contribution in [2.24, 2.45) is 5.92 Å². The van der Waals surface area contributed by atoms with Crippen LogP contribution in [0.3, 0.4) is 0 Å². The molecular weight excluding hydrogens is 500 g/mol. The summed E-state index contributed by atoms with van der Waals surface area (Å²) in [7, 11) is 0. The molecule has 1 atom stereocenters. The lowest BCUT2D eigenvalue weighted by Gasteiger charge is -2.19. The highest BCUT2D eigenvalue weighted by molar-refractivity contribution is 5.89. The summed E-state index contributed by atoms with van der Waals surface area (Å²) in [5, 5.41) is 0. The van der Waals surface area contributed by atoms with E-state index >= 15 is 0 Å². The molecule has 3 rings (SSSR count). The van der Waals surface area contributed by atoms with Crippen molar-refractivity contribution >= 4 is 11.9 Å². The molecule has 0 heterocycles. The van der Waals surface area contributed by atoms with Crippen molar-refractivity contribution in [3.63, 3.8) is 0 Å². The maximum absolute atomic E-state index is 12.0. The van der Waals surface area contributed by atoms with E-state index in [9.17, 15) is 9.59 Å². The molecule has 0 aliphatic carbocycles. The fourth-order valence-electron chi connectivity index (χ4n) is 4.85. The van der Waals surface area contributed by atoms with E-state index in [2.05, 4.69) is 49.4 Å². The van der Waals surface area contributed by atoms with Crippen molar-refractivity contribution in [1.29, 1.82) is 0 Å².